The highest BCUT2D eigenvalue weighted by Gasteiger charge is 2.60. The fourth-order valence-corrected chi connectivity index (χ4v) is 2.69. The predicted octanol–water partition coefficient (Wildman–Crippen LogP) is 3.35. The number of fused-ring (bicyclic) bond motifs is 1. The van der Waals surface area contributed by atoms with Crippen LogP contribution in [0, 0.1) is 0 Å². The van der Waals surface area contributed by atoms with Crippen molar-refractivity contribution in [1.82, 2.24) is 14.5 Å². The second kappa shape index (κ2) is 5.27. The maximum absolute atomic E-state index is 13.8. The number of hydrogen-bond acceptors (Lipinski definition) is 2. The van der Waals surface area contributed by atoms with Gasteiger partial charge in [0.05, 0.1) is 0 Å². The summed E-state index contributed by atoms with van der Waals surface area (Å²) < 4.78 is 42.7. The molecule has 0 saturated heterocycles. The van der Waals surface area contributed by atoms with Crippen LogP contribution in [-0.4, -0.2) is 25.8 Å². The van der Waals surface area contributed by atoms with E-state index in [-0.39, 0.29) is 12.1 Å². The van der Waals surface area contributed by atoms with Gasteiger partial charge in [0.2, 0.25) is 5.60 Å². The number of nitrogens with one attached hydrogen (secondary N) is 1. The number of allylic oxidation sites excluding steroid dienone is 1. The Bertz CT molecular complexity index is 849. The number of aromatic nitrogens is 3. The summed E-state index contributed by atoms with van der Waals surface area (Å²) in [4.78, 5) is 6.53. The number of para-hydroxylation sites is 1. The van der Waals surface area contributed by atoms with Gasteiger partial charge in [-0.15, -0.1) is 6.58 Å². The number of hydrogen-bond donors (Lipinski definition) is 2. The van der Waals surface area contributed by atoms with Crippen LogP contribution in [0.25, 0.3) is 10.9 Å². The number of benzene rings is 1. The van der Waals surface area contributed by atoms with Gasteiger partial charge in [0.1, 0.15) is 0 Å². The highest BCUT2D eigenvalue weighted by atomic mass is 19.4. The van der Waals surface area contributed by atoms with Gasteiger partial charge in [-0.05, 0) is 6.07 Å². The van der Waals surface area contributed by atoms with Gasteiger partial charge in [-0.1, -0.05) is 24.3 Å². The van der Waals surface area contributed by atoms with Crippen LogP contribution >= 0.6 is 0 Å². The number of alkyl halides is 3. The molecule has 0 radical (unpaired) electrons. The van der Waals surface area contributed by atoms with E-state index in [4.69, 9.17) is 0 Å². The van der Waals surface area contributed by atoms with Crippen molar-refractivity contribution in [1.29, 1.82) is 0 Å². The number of aliphatic hydroxyl groups is 1. The molecule has 0 amide bonds. The maximum atomic E-state index is 13.8. The van der Waals surface area contributed by atoms with Gasteiger partial charge in [0, 0.05) is 41.6 Å². The SMILES string of the molecule is C=CCn1ccnc1[C@@](O)(c1c[nH]c2ccccc12)C(F)(F)F. The molecule has 0 aliphatic heterocycles. The minimum atomic E-state index is -4.94. The van der Waals surface area contributed by atoms with Gasteiger partial charge in [-0.25, -0.2) is 4.98 Å². The van der Waals surface area contributed by atoms with Crippen molar-refractivity contribution < 1.29 is 18.3 Å². The van der Waals surface area contributed by atoms with Gasteiger partial charge < -0.3 is 14.7 Å². The van der Waals surface area contributed by atoms with E-state index in [9.17, 15) is 18.3 Å². The third kappa shape index (κ3) is 2.24. The lowest BCUT2D eigenvalue weighted by atomic mass is 9.91. The summed E-state index contributed by atoms with van der Waals surface area (Å²) in [6.07, 6.45) is 0.275. The van der Waals surface area contributed by atoms with E-state index in [1.165, 1.54) is 35.3 Å². The van der Waals surface area contributed by atoms with E-state index in [1.54, 1.807) is 18.2 Å². The second-order valence-corrected chi connectivity index (χ2v) is 5.15. The van der Waals surface area contributed by atoms with Gasteiger partial charge in [-0.3, -0.25) is 0 Å². The Morgan fingerprint density at radius 2 is 2.04 bits per heavy atom. The van der Waals surface area contributed by atoms with Crippen molar-refractivity contribution in [3.8, 4) is 0 Å². The average molecular weight is 321 g/mol. The van der Waals surface area contributed by atoms with Crippen molar-refractivity contribution in [3.63, 3.8) is 0 Å². The molecule has 0 bridgehead atoms. The number of nitrogens with zero attached hydrogens (tertiary/aromatic N) is 2. The second-order valence-electron chi connectivity index (χ2n) is 5.15. The zero-order valence-electron chi connectivity index (χ0n) is 12.0. The lowest BCUT2D eigenvalue weighted by Crippen LogP contribution is -2.45. The molecule has 1 aromatic carbocycles. The third-order valence-corrected chi connectivity index (χ3v) is 3.75. The summed E-state index contributed by atoms with van der Waals surface area (Å²) in [6, 6.07) is 6.49. The number of halogens is 3. The zero-order valence-corrected chi connectivity index (χ0v) is 12.0. The van der Waals surface area contributed by atoms with E-state index < -0.39 is 17.6 Å². The Morgan fingerprint density at radius 1 is 1.30 bits per heavy atom. The van der Waals surface area contributed by atoms with Crippen LogP contribution in [0.3, 0.4) is 0 Å². The lowest BCUT2D eigenvalue weighted by molar-refractivity contribution is -0.251. The molecule has 0 saturated carbocycles. The molecule has 2 N–H and O–H groups in total. The molecule has 0 fully saturated rings. The van der Waals surface area contributed by atoms with Crippen molar-refractivity contribution in [3.05, 3.63) is 66.9 Å². The van der Waals surface area contributed by atoms with Crippen LogP contribution in [0.2, 0.25) is 0 Å². The number of imidazole rings is 1. The Kier molecular flexibility index (Phi) is 3.52. The smallest absolute Gasteiger partial charge is 0.370 e. The molecule has 7 heteroatoms. The van der Waals surface area contributed by atoms with Crippen LogP contribution in [0.1, 0.15) is 11.4 Å². The molecule has 3 rings (SSSR count). The molecule has 0 unspecified atom stereocenters. The molecule has 120 valence electrons. The summed E-state index contributed by atoms with van der Waals surface area (Å²) in [5, 5.41) is 11.0. The topological polar surface area (TPSA) is 53.8 Å². The summed E-state index contributed by atoms with van der Waals surface area (Å²) in [7, 11) is 0. The summed E-state index contributed by atoms with van der Waals surface area (Å²) in [5.41, 5.74) is -3.00. The Labute approximate surface area is 129 Å². The van der Waals surface area contributed by atoms with Crippen LogP contribution in [0.15, 0.2) is 55.5 Å². The molecule has 0 aliphatic rings. The Hall–Kier alpha value is -2.54. The maximum Gasteiger partial charge on any atom is 0.428 e. The molecule has 23 heavy (non-hydrogen) atoms. The fourth-order valence-electron chi connectivity index (χ4n) is 2.69. The standard InChI is InChI=1S/C16H14F3N3O/c1-2-8-22-9-7-20-14(22)15(23,16(17,18)19)12-10-21-13-6-4-3-5-11(12)13/h2-7,9-10,21,23H,1,8H2/t15-/m0/s1. The molecule has 0 spiro atoms. The van der Waals surface area contributed by atoms with Crippen molar-refractivity contribution >= 4 is 10.9 Å². The Morgan fingerprint density at radius 3 is 2.74 bits per heavy atom. The first-order valence-electron chi connectivity index (χ1n) is 6.87. The Balaban J connectivity index is 2.30. The van der Waals surface area contributed by atoms with Crippen LogP contribution in [0.4, 0.5) is 13.2 Å². The summed E-state index contributed by atoms with van der Waals surface area (Å²) in [5.74, 6) is -0.491. The van der Waals surface area contributed by atoms with Crippen LogP contribution in [-0.2, 0) is 12.1 Å². The van der Waals surface area contributed by atoms with E-state index in [0.717, 1.165) is 0 Å². The van der Waals surface area contributed by atoms with Crippen LogP contribution in [0.5, 0.6) is 0 Å². The minimum Gasteiger partial charge on any atom is -0.370 e. The lowest BCUT2D eigenvalue weighted by Gasteiger charge is -2.30. The van der Waals surface area contributed by atoms with Crippen molar-refractivity contribution in [2.45, 2.75) is 18.3 Å². The first-order valence-corrected chi connectivity index (χ1v) is 6.87. The van der Waals surface area contributed by atoms with Gasteiger partial charge in [0.25, 0.3) is 0 Å². The minimum absolute atomic E-state index is 0.107. The van der Waals surface area contributed by atoms with Crippen molar-refractivity contribution in [2.75, 3.05) is 0 Å². The summed E-state index contributed by atoms with van der Waals surface area (Å²) >= 11 is 0. The number of rotatable bonds is 4. The first kappa shape index (κ1) is 15.4. The highest BCUT2D eigenvalue weighted by molar-refractivity contribution is 5.84. The highest BCUT2D eigenvalue weighted by Crippen LogP contribution is 2.45. The molecular formula is C16H14F3N3O. The van der Waals surface area contributed by atoms with Gasteiger partial charge in [-0.2, -0.15) is 13.2 Å². The first-order chi connectivity index (χ1) is 10.9. The molecule has 4 nitrogen and oxygen atoms in total. The molecule has 1 atom stereocenters. The quantitative estimate of drug-likeness (QED) is 0.724. The van der Waals surface area contributed by atoms with Crippen LogP contribution < -0.4 is 0 Å². The van der Waals surface area contributed by atoms with E-state index in [2.05, 4.69) is 16.5 Å². The molecule has 0 aliphatic carbocycles. The zero-order chi connectivity index (χ0) is 16.7. The normalized spacial score (nSPS) is 14.8. The van der Waals surface area contributed by atoms with Crippen molar-refractivity contribution in [2.24, 2.45) is 0 Å². The largest absolute Gasteiger partial charge is 0.428 e. The number of H-pyrrole nitrogens is 1. The summed E-state index contributed by atoms with van der Waals surface area (Å²) in [6.45, 7) is 3.62. The van der Waals surface area contributed by atoms with Gasteiger partial charge >= 0.3 is 6.18 Å². The molecular weight excluding hydrogens is 307 g/mol. The fraction of sp³-hybridized carbons (Fsp3) is 0.188. The third-order valence-electron chi connectivity index (χ3n) is 3.75. The van der Waals surface area contributed by atoms with Gasteiger partial charge in [0.15, 0.2) is 5.82 Å². The van der Waals surface area contributed by atoms with E-state index in [1.807, 2.05) is 0 Å². The van der Waals surface area contributed by atoms with E-state index in [0.29, 0.717) is 10.9 Å². The molecule has 2 aromatic heterocycles. The molecule has 3 aromatic rings. The monoisotopic (exact) mass is 321 g/mol. The average Bonchev–Trinajstić information content (AvgIpc) is 3.12. The predicted molar refractivity (Wildman–Crippen MR) is 79.8 cm³/mol. The van der Waals surface area contributed by atoms with E-state index >= 15 is 0 Å². The number of aromatic amines is 1. The molecule has 2 heterocycles.